The van der Waals surface area contributed by atoms with Crippen LogP contribution in [0.5, 0.6) is 28.7 Å². The summed E-state index contributed by atoms with van der Waals surface area (Å²) in [5, 5.41) is 1.18. The Balaban J connectivity index is 1.17. The van der Waals surface area contributed by atoms with Gasteiger partial charge in [-0.1, -0.05) is 403 Å². The fraction of sp³-hybridized carbons (Fsp3) is 0.667. The maximum absolute atomic E-state index is 16.2. The molecule has 1 N–H and O–H groups in total. The molecule has 13 nitrogen and oxygen atoms in total. The zero-order chi connectivity index (χ0) is 84.9. The highest BCUT2D eigenvalue weighted by Gasteiger charge is 2.45. The summed E-state index contributed by atoms with van der Waals surface area (Å²) in [6, 6.07) is 32.4. The molecule has 0 saturated carbocycles. The summed E-state index contributed by atoms with van der Waals surface area (Å²) in [4.78, 5) is 46.0. The van der Waals surface area contributed by atoms with Gasteiger partial charge in [0.1, 0.15) is 29.9 Å². The molecule has 0 aliphatic carbocycles. The minimum Gasteiger partial charge on any atom is -0.497 e. The predicted molar refractivity (Wildman–Crippen MR) is 500 cm³/mol. The van der Waals surface area contributed by atoms with Crippen molar-refractivity contribution in [2.75, 3.05) is 40.6 Å². The number of aryl methyl sites for hydroxylation is 1. The molecule has 5 aromatic carbocycles. The molecule has 1 fully saturated rings. The first-order valence-electron chi connectivity index (χ1n) is 48.5. The average molecular weight is 1660 g/mol. The van der Waals surface area contributed by atoms with Gasteiger partial charge in [0, 0.05) is 34.3 Å². The number of nitrogens with zero attached hydrogens (tertiary/aromatic N) is 1. The molecule has 2 heterocycles. The highest BCUT2D eigenvalue weighted by atomic mass is 28.1. The maximum Gasteiger partial charge on any atom is 0.339 e. The van der Waals surface area contributed by atoms with E-state index in [-0.39, 0.29) is 31.5 Å². The SMILES string of the molecule is CCCCCCCCCCCCCCCCCCOc1cc(COC(=O)c2c([C@@H]3C[C@H](n4cc(C)c(=O)[nH]c4=O)O[C@@H]3COC(c3ccccc3)(c3ccc(OC)cc3)c3ccc(OC)cc3)cc([SiH3])c(C(C)C)c2C(C)C)cc(OCCCCCCCCCCCCCCCCCC)c1OCCCCCCCCCCCCCCCCCC. The fourth-order valence-electron chi connectivity index (χ4n) is 18.0. The molecule has 1 aromatic heterocycles. The minimum absolute atomic E-state index is 0.0114. The molecule has 0 unspecified atom stereocenters. The summed E-state index contributed by atoms with van der Waals surface area (Å²) in [5.41, 5.74) is 4.83. The molecule has 14 heteroatoms. The zero-order valence-corrected chi connectivity index (χ0v) is 78.8. The molecule has 0 amide bonds. The first kappa shape index (κ1) is 99.5. The second kappa shape index (κ2) is 59.2. The third kappa shape index (κ3) is 34.9. The van der Waals surface area contributed by atoms with Gasteiger partial charge in [-0.2, -0.15) is 0 Å². The number of H-pyrrole nitrogens is 1. The van der Waals surface area contributed by atoms with Crippen LogP contribution in [0, 0.1) is 6.92 Å². The molecule has 3 atom stereocenters. The number of carbonyl (C=O) groups excluding carboxylic acids is 1. The molecule has 119 heavy (non-hydrogen) atoms. The smallest absolute Gasteiger partial charge is 0.339 e. The Bertz CT molecular complexity index is 3690. The van der Waals surface area contributed by atoms with Gasteiger partial charge in [-0.05, 0) is 113 Å². The number of unbranched alkanes of at least 4 members (excludes halogenated alkanes) is 45. The van der Waals surface area contributed by atoms with Gasteiger partial charge >= 0.3 is 11.7 Å². The van der Waals surface area contributed by atoms with Crippen molar-refractivity contribution < 1.29 is 42.7 Å². The van der Waals surface area contributed by atoms with Crippen LogP contribution in [0.2, 0.25) is 0 Å². The van der Waals surface area contributed by atoms with Gasteiger partial charge in [-0.3, -0.25) is 14.3 Å². The normalized spacial score (nSPS) is 14.3. The molecular formula is C105H164N2O11Si. The van der Waals surface area contributed by atoms with Gasteiger partial charge in [-0.25, -0.2) is 9.59 Å². The van der Waals surface area contributed by atoms with Crippen molar-refractivity contribution in [1.82, 2.24) is 9.55 Å². The van der Waals surface area contributed by atoms with Crippen LogP contribution < -0.4 is 40.1 Å². The highest BCUT2D eigenvalue weighted by molar-refractivity contribution is 6.34. The summed E-state index contributed by atoms with van der Waals surface area (Å²) >= 11 is 0. The largest absolute Gasteiger partial charge is 0.497 e. The number of esters is 1. The Labute approximate surface area is 725 Å². The van der Waals surface area contributed by atoms with Crippen molar-refractivity contribution in [2.24, 2.45) is 0 Å². The highest BCUT2D eigenvalue weighted by Crippen LogP contribution is 2.48. The third-order valence-corrected chi connectivity index (χ3v) is 25.8. The summed E-state index contributed by atoms with van der Waals surface area (Å²) in [7, 11) is 4.01. The van der Waals surface area contributed by atoms with Crippen LogP contribution in [0.15, 0.2) is 113 Å². The first-order valence-corrected chi connectivity index (χ1v) is 49.5. The van der Waals surface area contributed by atoms with Gasteiger partial charge in [0.25, 0.3) is 5.56 Å². The summed E-state index contributed by atoms with van der Waals surface area (Å²) in [6.45, 7) is 18.9. The molecule has 0 bridgehead atoms. The van der Waals surface area contributed by atoms with E-state index < -0.39 is 41.1 Å². The summed E-state index contributed by atoms with van der Waals surface area (Å²) < 4.78 is 55.6. The second-order valence-corrected chi connectivity index (χ2v) is 36.6. The fourth-order valence-corrected chi connectivity index (χ4v) is 19.2. The number of hydrogen-bond acceptors (Lipinski definition) is 11. The van der Waals surface area contributed by atoms with E-state index in [4.69, 9.17) is 37.9 Å². The van der Waals surface area contributed by atoms with E-state index >= 15 is 4.79 Å². The number of aromatic nitrogens is 2. The lowest BCUT2D eigenvalue weighted by atomic mass is 9.78. The Morgan fingerprint density at radius 2 is 0.840 bits per heavy atom. The number of rotatable bonds is 69. The van der Waals surface area contributed by atoms with Gasteiger partial charge in [0.05, 0.1) is 52.3 Å². The number of carbonyl (C=O) groups is 1. The molecular weight excluding hydrogens is 1490 g/mol. The Morgan fingerprint density at radius 3 is 1.21 bits per heavy atom. The lowest BCUT2D eigenvalue weighted by molar-refractivity contribution is -0.0802. The van der Waals surface area contributed by atoms with Crippen LogP contribution >= 0.6 is 0 Å². The van der Waals surface area contributed by atoms with Gasteiger partial charge in [0.2, 0.25) is 5.75 Å². The van der Waals surface area contributed by atoms with Crippen LogP contribution in [0.25, 0.3) is 0 Å². The van der Waals surface area contributed by atoms with Crippen molar-refractivity contribution in [3.63, 3.8) is 0 Å². The van der Waals surface area contributed by atoms with Crippen LogP contribution in [-0.2, 0) is 26.4 Å². The average Bonchev–Trinajstić information content (AvgIpc) is 1.61. The summed E-state index contributed by atoms with van der Waals surface area (Å²) in [5.74, 6) is 2.33. The van der Waals surface area contributed by atoms with Crippen molar-refractivity contribution in [1.29, 1.82) is 0 Å². The van der Waals surface area contributed by atoms with Gasteiger partial charge < -0.3 is 37.9 Å². The molecule has 1 aliphatic rings. The van der Waals surface area contributed by atoms with Gasteiger partial charge in [-0.15, -0.1) is 0 Å². The number of aromatic amines is 1. The standard InChI is InChI=1S/C105H164N2O11Si/c1-11-14-17-20-23-26-29-32-35-38-41-44-47-50-53-59-72-113-93-75-85(76-94(114-73-60-54-51-48-45-42-39-36-33-30-27-24-21-18-15-12-2)101(93)115-74-61-55-52-49-46-43-40-37-34-31-28-25-22-19-16-13-3)80-116-103(109)100-92(77-96(119)98(82(4)5)99(100)83(6)7)91-78-97(107-79-84(8)102(108)106-104(107)110)118-95(91)81-117-105(86-62-57-56-58-63-86,87-64-68-89(111-9)69-65-87)88-66-70-90(112-10)71-67-88/h56-58,62-71,75-77,79,82-83,91,95,97H,11-55,59-61,72-74,78,80-81H2,1-10,119H3,(H,106,108,110)/t91-,95+,97+/m0/s1. The number of methoxy groups -OCH3 is 2. The third-order valence-electron chi connectivity index (χ3n) is 24.9. The first-order chi connectivity index (χ1) is 58.2. The topological polar surface area (TPSA) is 146 Å². The number of ether oxygens (including phenoxy) is 8. The van der Waals surface area contributed by atoms with Crippen LogP contribution in [0.1, 0.15) is 442 Å². The molecule has 7 rings (SSSR count). The number of hydrogen-bond donors (Lipinski definition) is 1. The van der Waals surface area contributed by atoms with Gasteiger partial charge in [0.15, 0.2) is 11.5 Å². The zero-order valence-electron chi connectivity index (χ0n) is 76.8. The predicted octanol–water partition coefficient (Wildman–Crippen LogP) is 27.5. The van der Waals surface area contributed by atoms with E-state index in [0.717, 1.165) is 77.5 Å². The van der Waals surface area contributed by atoms with Crippen molar-refractivity contribution in [3.8, 4) is 28.7 Å². The molecule has 0 radical (unpaired) electrons. The van der Waals surface area contributed by atoms with E-state index in [9.17, 15) is 9.59 Å². The van der Waals surface area contributed by atoms with Crippen molar-refractivity contribution in [2.45, 2.75) is 412 Å². The van der Waals surface area contributed by atoms with E-state index in [1.807, 2.05) is 78.9 Å². The Hall–Kier alpha value is -6.61. The van der Waals surface area contributed by atoms with Crippen LogP contribution in [0.3, 0.4) is 0 Å². The Morgan fingerprint density at radius 1 is 0.479 bits per heavy atom. The van der Waals surface area contributed by atoms with E-state index in [0.29, 0.717) is 69.9 Å². The molecule has 6 aromatic rings. The van der Waals surface area contributed by atoms with Crippen LogP contribution in [0.4, 0.5) is 0 Å². The minimum atomic E-state index is -1.22. The van der Waals surface area contributed by atoms with Crippen LogP contribution in [-0.4, -0.2) is 72.5 Å². The maximum atomic E-state index is 16.2. The Kier molecular flexibility index (Phi) is 49.5. The van der Waals surface area contributed by atoms with Crippen molar-refractivity contribution >= 4 is 21.4 Å². The molecule has 0 spiro atoms. The molecule has 664 valence electrons. The lowest BCUT2D eigenvalue weighted by Gasteiger charge is -2.37. The quantitative estimate of drug-likeness (QED) is 0.0168. The molecule has 1 saturated heterocycles. The van der Waals surface area contributed by atoms with E-state index in [2.05, 4.69) is 71.6 Å². The molecule has 1 aliphatic heterocycles. The number of benzene rings is 5. The second-order valence-electron chi connectivity index (χ2n) is 35.5. The lowest BCUT2D eigenvalue weighted by Crippen LogP contribution is -2.37. The summed E-state index contributed by atoms with van der Waals surface area (Å²) in [6.07, 6.45) is 62.7. The number of nitrogens with one attached hydrogen (secondary N) is 1. The van der Waals surface area contributed by atoms with E-state index in [1.165, 1.54) is 279 Å². The van der Waals surface area contributed by atoms with Crippen molar-refractivity contribution in [3.05, 3.63) is 174 Å². The monoisotopic (exact) mass is 1660 g/mol. The van der Waals surface area contributed by atoms with E-state index in [1.54, 1.807) is 27.3 Å².